The van der Waals surface area contributed by atoms with E-state index in [0.717, 1.165) is 18.2 Å². The molecule has 0 spiro atoms. The summed E-state index contributed by atoms with van der Waals surface area (Å²) < 4.78 is 36.8. The fourth-order valence-electron chi connectivity index (χ4n) is 2.41. The first kappa shape index (κ1) is 23.0. The predicted octanol–water partition coefficient (Wildman–Crippen LogP) is 1.21. The Kier molecular flexibility index (Phi) is 9.00. The van der Waals surface area contributed by atoms with Crippen LogP contribution in [0, 0.1) is 17.6 Å². The molecule has 10 heteroatoms. The van der Waals surface area contributed by atoms with Crippen LogP contribution in [0.4, 0.5) is 8.78 Å². The predicted molar refractivity (Wildman–Crippen MR) is 91.0 cm³/mol. The summed E-state index contributed by atoms with van der Waals surface area (Å²) in [7, 11) is 0. The summed E-state index contributed by atoms with van der Waals surface area (Å²) in [4.78, 5) is 47.6. The largest absolute Gasteiger partial charge is 0.480 e. The van der Waals surface area contributed by atoms with E-state index in [1.54, 1.807) is 0 Å². The number of halogens is 2. The number of nitrogens with one attached hydrogen (secondary N) is 1. The normalized spacial score (nSPS) is 12.6. The number of carboxylic acids is 1. The average Bonchev–Trinajstić information content (AvgIpc) is 2.61. The number of benzene rings is 1. The lowest BCUT2D eigenvalue weighted by molar-refractivity contribution is -0.160. The van der Waals surface area contributed by atoms with Gasteiger partial charge in [-0.05, 0) is 26.0 Å². The van der Waals surface area contributed by atoms with E-state index in [1.165, 1.54) is 13.8 Å². The van der Waals surface area contributed by atoms with Crippen molar-refractivity contribution < 1.29 is 42.5 Å². The molecule has 0 aliphatic heterocycles. The highest BCUT2D eigenvalue weighted by Gasteiger charge is 2.38. The van der Waals surface area contributed by atoms with Crippen LogP contribution in [0.1, 0.15) is 25.8 Å². The third-order valence-corrected chi connectivity index (χ3v) is 3.67. The Morgan fingerprint density at radius 1 is 1.07 bits per heavy atom. The maximum Gasteiger partial charge on any atom is 0.327 e. The van der Waals surface area contributed by atoms with Crippen molar-refractivity contribution in [3.8, 4) is 0 Å². The lowest BCUT2D eigenvalue weighted by Gasteiger charge is -2.23. The van der Waals surface area contributed by atoms with Gasteiger partial charge in [0.2, 0.25) is 5.91 Å². The molecule has 0 aliphatic carbocycles. The zero-order valence-electron chi connectivity index (χ0n) is 15.4. The van der Waals surface area contributed by atoms with Gasteiger partial charge in [0.1, 0.15) is 17.7 Å². The Labute approximate surface area is 159 Å². The van der Waals surface area contributed by atoms with Crippen molar-refractivity contribution in [2.75, 3.05) is 13.2 Å². The number of hydrogen-bond donors (Lipinski definition) is 2. The zero-order valence-corrected chi connectivity index (χ0v) is 15.4. The van der Waals surface area contributed by atoms with E-state index in [2.05, 4.69) is 0 Å². The molecule has 1 amide bonds. The average molecular weight is 401 g/mol. The molecule has 0 heterocycles. The number of amides is 1. The molecule has 0 aromatic heterocycles. The molecular weight excluding hydrogens is 380 g/mol. The Hall–Kier alpha value is -3.04. The van der Waals surface area contributed by atoms with Gasteiger partial charge in [-0.2, -0.15) is 0 Å². The van der Waals surface area contributed by atoms with Gasteiger partial charge in [0.25, 0.3) is 0 Å². The van der Waals surface area contributed by atoms with Crippen LogP contribution in [0.2, 0.25) is 0 Å². The van der Waals surface area contributed by atoms with E-state index in [-0.39, 0.29) is 13.2 Å². The summed E-state index contributed by atoms with van der Waals surface area (Å²) in [6.45, 7) is 2.93. The van der Waals surface area contributed by atoms with Crippen molar-refractivity contribution in [1.29, 1.82) is 0 Å². The molecule has 2 atom stereocenters. The van der Waals surface area contributed by atoms with E-state index in [1.807, 2.05) is 5.32 Å². The van der Waals surface area contributed by atoms with Gasteiger partial charge in [0, 0.05) is 5.56 Å². The molecule has 0 bridgehead atoms. The number of hydrogen-bond acceptors (Lipinski definition) is 6. The van der Waals surface area contributed by atoms with Crippen molar-refractivity contribution in [3.05, 3.63) is 35.4 Å². The Balaban J connectivity index is 3.02. The van der Waals surface area contributed by atoms with Crippen LogP contribution in [-0.4, -0.2) is 48.2 Å². The van der Waals surface area contributed by atoms with Crippen molar-refractivity contribution >= 4 is 23.8 Å². The molecule has 2 N–H and O–H groups in total. The Morgan fingerprint density at radius 3 is 2.14 bits per heavy atom. The van der Waals surface area contributed by atoms with E-state index >= 15 is 0 Å². The molecular formula is C18H21F2NO7. The summed E-state index contributed by atoms with van der Waals surface area (Å²) in [5.74, 6) is -8.09. The van der Waals surface area contributed by atoms with Gasteiger partial charge in [-0.25, -0.2) is 13.6 Å². The van der Waals surface area contributed by atoms with Crippen LogP contribution >= 0.6 is 0 Å². The fraction of sp³-hybridized carbons (Fsp3) is 0.444. The fourth-order valence-corrected chi connectivity index (χ4v) is 2.41. The van der Waals surface area contributed by atoms with E-state index in [0.29, 0.717) is 0 Å². The maximum atomic E-state index is 13.7. The first-order valence-electron chi connectivity index (χ1n) is 8.48. The molecule has 0 saturated carbocycles. The molecule has 0 saturated heterocycles. The summed E-state index contributed by atoms with van der Waals surface area (Å²) in [6, 6.07) is 1.15. The molecule has 0 fully saturated rings. The van der Waals surface area contributed by atoms with Crippen molar-refractivity contribution in [1.82, 2.24) is 5.32 Å². The van der Waals surface area contributed by atoms with Crippen molar-refractivity contribution in [3.63, 3.8) is 0 Å². The van der Waals surface area contributed by atoms with Crippen molar-refractivity contribution in [2.24, 2.45) is 5.92 Å². The van der Waals surface area contributed by atoms with Crippen LogP contribution in [0.5, 0.6) is 0 Å². The molecule has 0 radical (unpaired) electrons. The molecule has 154 valence electrons. The number of carbonyl (C=O) groups excluding carboxylic acids is 3. The van der Waals surface area contributed by atoms with Gasteiger partial charge < -0.3 is 19.9 Å². The third-order valence-electron chi connectivity index (χ3n) is 3.67. The molecule has 0 unspecified atom stereocenters. The summed E-state index contributed by atoms with van der Waals surface area (Å²) in [5.41, 5.74) is -0.554. The highest BCUT2D eigenvalue weighted by molar-refractivity contribution is 5.91. The minimum atomic E-state index is -1.86. The highest BCUT2D eigenvalue weighted by atomic mass is 19.1. The number of rotatable bonds is 10. The van der Waals surface area contributed by atoms with E-state index < -0.39 is 65.8 Å². The first-order valence-corrected chi connectivity index (χ1v) is 8.48. The minimum absolute atomic E-state index is 0.00500. The van der Waals surface area contributed by atoms with Gasteiger partial charge in [-0.15, -0.1) is 0 Å². The zero-order chi connectivity index (χ0) is 21.3. The lowest BCUT2D eigenvalue weighted by atomic mass is 9.95. The summed E-state index contributed by atoms with van der Waals surface area (Å²) in [5, 5.41) is 11.4. The van der Waals surface area contributed by atoms with E-state index in [9.17, 15) is 33.1 Å². The molecule has 1 aromatic carbocycles. The lowest BCUT2D eigenvalue weighted by Crippen LogP contribution is -2.50. The topological polar surface area (TPSA) is 119 Å². The Morgan fingerprint density at radius 2 is 1.64 bits per heavy atom. The quantitative estimate of drug-likeness (QED) is 0.566. The van der Waals surface area contributed by atoms with Gasteiger partial charge in [0.05, 0.1) is 32.0 Å². The minimum Gasteiger partial charge on any atom is -0.480 e. The second-order valence-electron chi connectivity index (χ2n) is 5.63. The van der Waals surface area contributed by atoms with Crippen LogP contribution in [0.3, 0.4) is 0 Å². The monoisotopic (exact) mass is 401 g/mol. The Bertz CT molecular complexity index is 718. The van der Waals surface area contributed by atoms with Crippen LogP contribution in [0.25, 0.3) is 0 Å². The van der Waals surface area contributed by atoms with Gasteiger partial charge in [0.15, 0.2) is 0 Å². The maximum absolute atomic E-state index is 13.7. The van der Waals surface area contributed by atoms with Crippen LogP contribution in [0.15, 0.2) is 18.2 Å². The molecule has 1 rings (SSSR count). The molecule has 0 aliphatic rings. The second kappa shape index (κ2) is 11.0. The van der Waals surface area contributed by atoms with Gasteiger partial charge in [-0.1, -0.05) is 6.07 Å². The molecule has 1 aromatic rings. The molecule has 8 nitrogen and oxygen atoms in total. The van der Waals surface area contributed by atoms with Crippen molar-refractivity contribution in [2.45, 2.75) is 32.7 Å². The highest BCUT2D eigenvalue weighted by Crippen LogP contribution is 2.16. The van der Waals surface area contributed by atoms with Gasteiger partial charge in [-0.3, -0.25) is 14.4 Å². The number of carbonyl (C=O) groups is 4. The number of ether oxygens (including phenoxy) is 2. The second-order valence-corrected chi connectivity index (χ2v) is 5.63. The van der Waals surface area contributed by atoms with Crippen LogP contribution < -0.4 is 5.32 Å². The summed E-state index contributed by atoms with van der Waals surface area (Å²) >= 11 is 0. The first-order chi connectivity index (χ1) is 13.2. The third kappa shape index (κ3) is 6.60. The standard InChI is InChI=1S/C18H21F2NO7/c1-3-27-15(23)9-11(18(26)28-4-2)16(17(24)25)21-14(22)8-10-12(19)6-5-7-13(10)20/h5-7,11,16H,3-4,8-9H2,1-2H3,(H,21,22)(H,24,25)/t11-,16-/m0/s1. The SMILES string of the molecule is CCOC(=O)C[C@H](C(=O)OCC)[C@H](NC(=O)Cc1c(F)cccc1F)C(=O)O. The van der Waals surface area contributed by atoms with E-state index in [4.69, 9.17) is 9.47 Å². The summed E-state index contributed by atoms with van der Waals surface area (Å²) in [6.07, 6.45) is -1.45. The molecule has 28 heavy (non-hydrogen) atoms. The number of aliphatic carboxylic acids is 1. The number of esters is 2. The van der Waals surface area contributed by atoms with Crippen LogP contribution in [-0.2, 0) is 35.1 Å². The van der Waals surface area contributed by atoms with Gasteiger partial charge >= 0.3 is 17.9 Å². The number of carboxylic acid groups (broad SMARTS) is 1. The smallest absolute Gasteiger partial charge is 0.327 e.